The molecule has 0 aliphatic heterocycles. The number of nitrogens with one attached hydrogen (secondary N) is 1. The molecule has 0 spiro atoms. The van der Waals surface area contributed by atoms with E-state index in [0.717, 1.165) is 27.7 Å². The standard InChI is InChI=1S/C24H19F3N2O2/c1-15(30)19-4-2-3-5-20(19)17-9-12-21-22(14-17)29-23(28-21)13-8-16-6-10-18(11-7-16)31-24(25,26)27/h2-15,30H,1H3,(H,28,29)/b13-8+. The van der Waals surface area contributed by atoms with Crippen LogP contribution in [0.5, 0.6) is 5.75 Å². The molecular weight excluding hydrogens is 405 g/mol. The van der Waals surface area contributed by atoms with Gasteiger partial charge in [0.15, 0.2) is 0 Å². The van der Waals surface area contributed by atoms with Crippen LogP contribution in [-0.4, -0.2) is 21.4 Å². The predicted octanol–water partition coefficient (Wildman–Crippen LogP) is 6.35. The number of benzene rings is 3. The number of fused-ring (bicyclic) bond motifs is 1. The average Bonchev–Trinajstić information content (AvgIpc) is 3.14. The van der Waals surface area contributed by atoms with Gasteiger partial charge in [0.1, 0.15) is 11.6 Å². The van der Waals surface area contributed by atoms with E-state index in [2.05, 4.69) is 14.7 Å². The second-order valence-corrected chi connectivity index (χ2v) is 7.07. The summed E-state index contributed by atoms with van der Waals surface area (Å²) in [6.07, 6.45) is -1.79. The van der Waals surface area contributed by atoms with Gasteiger partial charge in [-0.05, 0) is 59.5 Å². The Morgan fingerprint density at radius 2 is 1.74 bits per heavy atom. The van der Waals surface area contributed by atoms with E-state index in [1.165, 1.54) is 24.3 Å². The number of halogens is 3. The number of aromatic amines is 1. The highest BCUT2D eigenvalue weighted by atomic mass is 19.4. The minimum absolute atomic E-state index is 0.265. The van der Waals surface area contributed by atoms with Crippen LogP contribution < -0.4 is 4.74 Å². The zero-order chi connectivity index (χ0) is 22.0. The molecule has 7 heteroatoms. The summed E-state index contributed by atoms with van der Waals surface area (Å²) in [6.45, 7) is 1.73. The lowest BCUT2D eigenvalue weighted by Crippen LogP contribution is -2.16. The number of nitrogens with zero attached hydrogens (tertiary/aromatic N) is 1. The molecule has 1 atom stereocenters. The van der Waals surface area contributed by atoms with Crippen molar-refractivity contribution in [2.24, 2.45) is 0 Å². The lowest BCUT2D eigenvalue weighted by Gasteiger charge is -2.11. The van der Waals surface area contributed by atoms with Crippen molar-refractivity contribution in [1.82, 2.24) is 9.97 Å². The van der Waals surface area contributed by atoms with Crippen molar-refractivity contribution in [2.45, 2.75) is 19.4 Å². The zero-order valence-electron chi connectivity index (χ0n) is 16.5. The summed E-state index contributed by atoms with van der Waals surface area (Å²) in [5.41, 5.74) is 5.07. The first kappa shape index (κ1) is 20.7. The average molecular weight is 424 g/mol. The third-order valence-corrected chi connectivity index (χ3v) is 4.77. The molecule has 2 N–H and O–H groups in total. The van der Waals surface area contributed by atoms with Crippen LogP contribution in [-0.2, 0) is 0 Å². The topological polar surface area (TPSA) is 58.1 Å². The summed E-state index contributed by atoms with van der Waals surface area (Å²) >= 11 is 0. The van der Waals surface area contributed by atoms with Gasteiger partial charge in [-0.25, -0.2) is 4.98 Å². The maximum absolute atomic E-state index is 12.2. The fourth-order valence-corrected chi connectivity index (χ4v) is 3.35. The second-order valence-electron chi connectivity index (χ2n) is 7.07. The molecule has 0 saturated carbocycles. The number of ether oxygens (including phenoxy) is 1. The molecule has 0 radical (unpaired) electrons. The molecule has 31 heavy (non-hydrogen) atoms. The molecule has 3 aromatic carbocycles. The minimum atomic E-state index is -4.71. The first-order chi connectivity index (χ1) is 14.8. The van der Waals surface area contributed by atoms with Crippen LogP contribution >= 0.6 is 0 Å². The van der Waals surface area contributed by atoms with Gasteiger partial charge in [-0.15, -0.1) is 13.2 Å². The normalized spacial score (nSPS) is 13.1. The van der Waals surface area contributed by atoms with Gasteiger partial charge in [0, 0.05) is 0 Å². The first-order valence-electron chi connectivity index (χ1n) is 9.59. The van der Waals surface area contributed by atoms with Gasteiger partial charge < -0.3 is 14.8 Å². The lowest BCUT2D eigenvalue weighted by molar-refractivity contribution is -0.274. The fourth-order valence-electron chi connectivity index (χ4n) is 3.35. The number of H-pyrrole nitrogens is 1. The van der Waals surface area contributed by atoms with Crippen LogP contribution in [0.3, 0.4) is 0 Å². The molecule has 4 nitrogen and oxygen atoms in total. The highest BCUT2D eigenvalue weighted by Gasteiger charge is 2.30. The molecule has 1 aromatic heterocycles. The quantitative estimate of drug-likeness (QED) is 0.392. The highest BCUT2D eigenvalue weighted by Crippen LogP contribution is 2.30. The molecule has 0 fully saturated rings. The molecular formula is C24H19F3N2O2. The number of alkyl halides is 3. The SMILES string of the molecule is CC(O)c1ccccc1-c1ccc2[nH]c(/C=C/c3ccc(OC(F)(F)F)cc3)nc2c1. The Morgan fingerprint density at radius 3 is 2.45 bits per heavy atom. The maximum atomic E-state index is 12.2. The van der Waals surface area contributed by atoms with E-state index < -0.39 is 12.5 Å². The number of aromatic nitrogens is 2. The van der Waals surface area contributed by atoms with Crippen LogP contribution in [0.2, 0.25) is 0 Å². The first-order valence-corrected chi connectivity index (χ1v) is 9.59. The Balaban J connectivity index is 1.56. The molecule has 4 rings (SSSR count). The Hall–Kier alpha value is -3.58. The molecule has 1 heterocycles. The lowest BCUT2D eigenvalue weighted by atomic mass is 9.96. The predicted molar refractivity (Wildman–Crippen MR) is 114 cm³/mol. The fraction of sp³-hybridized carbons (Fsp3) is 0.125. The van der Waals surface area contributed by atoms with Gasteiger partial charge in [-0.3, -0.25) is 0 Å². The van der Waals surface area contributed by atoms with E-state index in [9.17, 15) is 18.3 Å². The van der Waals surface area contributed by atoms with Crippen molar-refractivity contribution in [3.05, 3.63) is 83.7 Å². The second kappa shape index (κ2) is 8.28. The van der Waals surface area contributed by atoms with Crippen LogP contribution in [0.15, 0.2) is 66.7 Å². The number of aliphatic hydroxyl groups is 1. The number of hydrogen-bond acceptors (Lipinski definition) is 3. The zero-order valence-corrected chi connectivity index (χ0v) is 16.5. The van der Waals surface area contributed by atoms with Crippen molar-refractivity contribution in [3.8, 4) is 16.9 Å². The smallest absolute Gasteiger partial charge is 0.406 e. The number of rotatable bonds is 5. The van der Waals surface area contributed by atoms with E-state index in [0.29, 0.717) is 11.4 Å². The van der Waals surface area contributed by atoms with Gasteiger partial charge in [-0.1, -0.05) is 48.5 Å². The molecule has 1 unspecified atom stereocenters. The van der Waals surface area contributed by atoms with E-state index in [4.69, 9.17) is 0 Å². The summed E-state index contributed by atoms with van der Waals surface area (Å²) < 4.78 is 40.6. The summed E-state index contributed by atoms with van der Waals surface area (Å²) in [5.74, 6) is 0.352. The van der Waals surface area contributed by atoms with Gasteiger partial charge in [0.2, 0.25) is 0 Å². The van der Waals surface area contributed by atoms with E-state index >= 15 is 0 Å². The number of hydrogen-bond donors (Lipinski definition) is 2. The third-order valence-electron chi connectivity index (χ3n) is 4.77. The van der Waals surface area contributed by atoms with Crippen LogP contribution in [0.4, 0.5) is 13.2 Å². The summed E-state index contributed by atoms with van der Waals surface area (Å²) in [5, 5.41) is 10.0. The largest absolute Gasteiger partial charge is 0.573 e. The Labute approximate surface area is 176 Å². The van der Waals surface area contributed by atoms with Gasteiger partial charge in [0.25, 0.3) is 0 Å². The number of aliphatic hydroxyl groups excluding tert-OH is 1. The van der Waals surface area contributed by atoms with E-state index in [1.807, 2.05) is 42.5 Å². The van der Waals surface area contributed by atoms with Gasteiger partial charge in [0.05, 0.1) is 17.1 Å². The van der Waals surface area contributed by atoms with Crippen LogP contribution in [0.1, 0.15) is 30.0 Å². The van der Waals surface area contributed by atoms with Crippen molar-refractivity contribution < 1.29 is 23.0 Å². The Kier molecular flexibility index (Phi) is 5.52. The maximum Gasteiger partial charge on any atom is 0.573 e. The molecule has 0 aliphatic carbocycles. The molecule has 4 aromatic rings. The van der Waals surface area contributed by atoms with Gasteiger partial charge in [-0.2, -0.15) is 0 Å². The minimum Gasteiger partial charge on any atom is -0.406 e. The molecule has 0 bridgehead atoms. The molecule has 0 aliphatic rings. The van der Waals surface area contributed by atoms with Crippen molar-refractivity contribution in [3.63, 3.8) is 0 Å². The van der Waals surface area contributed by atoms with E-state index in [-0.39, 0.29) is 5.75 Å². The summed E-state index contributed by atoms with van der Waals surface area (Å²) in [7, 11) is 0. The molecule has 158 valence electrons. The number of imidazole rings is 1. The monoisotopic (exact) mass is 424 g/mol. The summed E-state index contributed by atoms with van der Waals surface area (Å²) in [6, 6.07) is 19.1. The van der Waals surface area contributed by atoms with Crippen molar-refractivity contribution >= 4 is 23.2 Å². The summed E-state index contributed by atoms with van der Waals surface area (Å²) in [4.78, 5) is 7.78. The van der Waals surface area contributed by atoms with Crippen LogP contribution in [0.25, 0.3) is 34.3 Å². The van der Waals surface area contributed by atoms with Crippen molar-refractivity contribution in [2.75, 3.05) is 0 Å². The Bertz CT molecular complexity index is 1230. The highest BCUT2D eigenvalue weighted by molar-refractivity contribution is 5.84. The Morgan fingerprint density at radius 1 is 1.00 bits per heavy atom. The third kappa shape index (κ3) is 4.95. The molecule has 0 amide bonds. The van der Waals surface area contributed by atoms with Crippen molar-refractivity contribution in [1.29, 1.82) is 0 Å². The van der Waals surface area contributed by atoms with E-state index in [1.54, 1.807) is 19.1 Å². The van der Waals surface area contributed by atoms with Gasteiger partial charge >= 0.3 is 6.36 Å². The van der Waals surface area contributed by atoms with Crippen LogP contribution in [0, 0.1) is 0 Å². The molecule has 0 saturated heterocycles.